The summed E-state index contributed by atoms with van der Waals surface area (Å²) in [7, 11) is 1.38. The molecule has 0 N–H and O–H groups in total. The standard InChI is InChI=1S/C11H12Cl2O2S/c1-7(11(14)15-2)6-16-10-5-8(12)3-4-9(10)13/h3-5,7H,6H2,1-2H3. The zero-order valence-electron chi connectivity index (χ0n) is 9.00. The Morgan fingerprint density at radius 2 is 2.19 bits per heavy atom. The van der Waals surface area contributed by atoms with Gasteiger partial charge < -0.3 is 4.74 Å². The maximum Gasteiger partial charge on any atom is 0.309 e. The zero-order valence-corrected chi connectivity index (χ0v) is 11.3. The van der Waals surface area contributed by atoms with Crippen LogP contribution in [0.2, 0.25) is 10.0 Å². The predicted octanol–water partition coefficient (Wildman–Crippen LogP) is 3.89. The Labute approximate surface area is 109 Å². The van der Waals surface area contributed by atoms with Crippen molar-refractivity contribution in [1.82, 2.24) is 0 Å². The molecular formula is C11H12Cl2O2S. The third kappa shape index (κ3) is 3.89. The maximum absolute atomic E-state index is 11.2. The Morgan fingerprint density at radius 1 is 1.50 bits per heavy atom. The Morgan fingerprint density at radius 3 is 2.81 bits per heavy atom. The molecule has 0 amide bonds. The monoisotopic (exact) mass is 278 g/mol. The number of ether oxygens (including phenoxy) is 1. The van der Waals surface area contributed by atoms with Crippen LogP contribution in [0.25, 0.3) is 0 Å². The number of benzene rings is 1. The average molecular weight is 279 g/mol. The van der Waals surface area contributed by atoms with Crippen LogP contribution in [0.4, 0.5) is 0 Å². The van der Waals surface area contributed by atoms with E-state index >= 15 is 0 Å². The smallest absolute Gasteiger partial charge is 0.309 e. The van der Waals surface area contributed by atoms with Crippen LogP contribution < -0.4 is 0 Å². The van der Waals surface area contributed by atoms with Crippen LogP contribution in [0.5, 0.6) is 0 Å². The van der Waals surface area contributed by atoms with Gasteiger partial charge in [0.05, 0.1) is 18.1 Å². The third-order valence-corrected chi connectivity index (χ3v) is 3.98. The Balaban J connectivity index is 2.60. The lowest BCUT2D eigenvalue weighted by molar-refractivity contribution is -0.143. The number of rotatable bonds is 4. The molecule has 16 heavy (non-hydrogen) atoms. The molecule has 2 nitrogen and oxygen atoms in total. The van der Waals surface area contributed by atoms with Gasteiger partial charge in [-0.1, -0.05) is 30.1 Å². The summed E-state index contributed by atoms with van der Waals surface area (Å²) in [6.07, 6.45) is 0. The number of hydrogen-bond acceptors (Lipinski definition) is 3. The molecule has 1 unspecified atom stereocenters. The van der Waals surface area contributed by atoms with Crippen LogP contribution >= 0.6 is 35.0 Å². The second-order valence-corrected chi connectivity index (χ2v) is 5.22. The molecule has 0 saturated carbocycles. The first-order valence-corrected chi connectivity index (χ1v) is 6.44. The van der Waals surface area contributed by atoms with E-state index in [1.165, 1.54) is 18.9 Å². The van der Waals surface area contributed by atoms with Gasteiger partial charge >= 0.3 is 5.97 Å². The molecule has 0 heterocycles. The first kappa shape index (κ1) is 13.7. The number of esters is 1. The number of carbonyl (C=O) groups excluding carboxylic acids is 1. The first-order chi connectivity index (χ1) is 7.54. The van der Waals surface area contributed by atoms with Gasteiger partial charge in [0, 0.05) is 15.7 Å². The highest BCUT2D eigenvalue weighted by atomic mass is 35.5. The van der Waals surface area contributed by atoms with Gasteiger partial charge in [0.25, 0.3) is 0 Å². The molecule has 0 aromatic heterocycles. The predicted molar refractivity (Wildman–Crippen MR) is 68.4 cm³/mol. The number of methoxy groups -OCH3 is 1. The molecule has 0 radical (unpaired) electrons. The largest absolute Gasteiger partial charge is 0.469 e. The van der Waals surface area contributed by atoms with E-state index in [9.17, 15) is 4.79 Å². The summed E-state index contributed by atoms with van der Waals surface area (Å²) in [6.45, 7) is 1.82. The summed E-state index contributed by atoms with van der Waals surface area (Å²) in [6, 6.07) is 5.27. The van der Waals surface area contributed by atoms with Crippen molar-refractivity contribution in [2.24, 2.45) is 5.92 Å². The highest BCUT2D eigenvalue weighted by Gasteiger charge is 2.14. The molecule has 1 atom stereocenters. The lowest BCUT2D eigenvalue weighted by Gasteiger charge is -2.09. The van der Waals surface area contributed by atoms with Crippen molar-refractivity contribution in [2.45, 2.75) is 11.8 Å². The maximum atomic E-state index is 11.2. The minimum atomic E-state index is -0.217. The van der Waals surface area contributed by atoms with Gasteiger partial charge in [-0.05, 0) is 18.2 Å². The number of halogens is 2. The summed E-state index contributed by atoms with van der Waals surface area (Å²) in [5.41, 5.74) is 0. The normalized spacial score (nSPS) is 12.2. The van der Waals surface area contributed by atoms with Gasteiger partial charge in [-0.25, -0.2) is 0 Å². The van der Waals surface area contributed by atoms with Gasteiger partial charge in [0.15, 0.2) is 0 Å². The van der Waals surface area contributed by atoms with E-state index in [0.29, 0.717) is 15.8 Å². The summed E-state index contributed by atoms with van der Waals surface area (Å²) >= 11 is 13.4. The van der Waals surface area contributed by atoms with E-state index in [4.69, 9.17) is 23.2 Å². The first-order valence-electron chi connectivity index (χ1n) is 4.70. The van der Waals surface area contributed by atoms with Crippen molar-refractivity contribution in [3.05, 3.63) is 28.2 Å². The molecule has 0 aliphatic heterocycles. The number of carbonyl (C=O) groups is 1. The van der Waals surface area contributed by atoms with E-state index in [0.717, 1.165) is 4.90 Å². The molecule has 5 heteroatoms. The molecule has 0 aliphatic carbocycles. The SMILES string of the molecule is COC(=O)C(C)CSc1cc(Cl)ccc1Cl. The molecule has 0 aliphatic rings. The van der Waals surface area contributed by atoms with Gasteiger partial charge in [0.1, 0.15) is 0 Å². The summed E-state index contributed by atoms with van der Waals surface area (Å²) in [5.74, 6) is 0.239. The van der Waals surface area contributed by atoms with E-state index < -0.39 is 0 Å². The van der Waals surface area contributed by atoms with Crippen LogP contribution in [-0.2, 0) is 9.53 Å². The second-order valence-electron chi connectivity index (χ2n) is 3.31. The van der Waals surface area contributed by atoms with Gasteiger partial charge in [0.2, 0.25) is 0 Å². The van der Waals surface area contributed by atoms with Gasteiger partial charge in [-0.3, -0.25) is 4.79 Å². The van der Waals surface area contributed by atoms with Crippen molar-refractivity contribution in [1.29, 1.82) is 0 Å². The fraction of sp³-hybridized carbons (Fsp3) is 0.364. The van der Waals surface area contributed by atoms with Crippen LogP contribution in [0.3, 0.4) is 0 Å². The molecule has 0 spiro atoms. The Hall–Kier alpha value is -0.380. The summed E-state index contributed by atoms with van der Waals surface area (Å²) in [4.78, 5) is 12.1. The molecule has 0 fully saturated rings. The van der Waals surface area contributed by atoms with Crippen molar-refractivity contribution >= 4 is 40.9 Å². The minimum Gasteiger partial charge on any atom is -0.469 e. The molecule has 0 bridgehead atoms. The third-order valence-electron chi connectivity index (χ3n) is 1.99. The van der Waals surface area contributed by atoms with Crippen molar-refractivity contribution in [3.8, 4) is 0 Å². The second kappa shape index (κ2) is 6.38. The molecule has 1 aromatic rings. The summed E-state index contributed by atoms with van der Waals surface area (Å²) < 4.78 is 4.64. The Kier molecular flexibility index (Phi) is 5.46. The van der Waals surface area contributed by atoms with Crippen molar-refractivity contribution in [3.63, 3.8) is 0 Å². The van der Waals surface area contributed by atoms with Crippen LogP contribution in [0, 0.1) is 5.92 Å². The van der Waals surface area contributed by atoms with E-state index in [-0.39, 0.29) is 11.9 Å². The molecular weight excluding hydrogens is 267 g/mol. The van der Waals surface area contributed by atoms with Gasteiger partial charge in [-0.15, -0.1) is 11.8 Å². The lowest BCUT2D eigenvalue weighted by atomic mass is 10.2. The highest BCUT2D eigenvalue weighted by Crippen LogP contribution is 2.31. The minimum absolute atomic E-state index is 0.162. The fourth-order valence-electron chi connectivity index (χ4n) is 1.07. The Bertz CT molecular complexity index is 382. The number of hydrogen-bond donors (Lipinski definition) is 0. The van der Waals surface area contributed by atoms with Crippen LogP contribution in [0.15, 0.2) is 23.1 Å². The number of thioether (sulfide) groups is 1. The van der Waals surface area contributed by atoms with Gasteiger partial charge in [-0.2, -0.15) is 0 Å². The van der Waals surface area contributed by atoms with E-state index in [1.807, 2.05) is 6.92 Å². The van der Waals surface area contributed by atoms with Crippen LogP contribution in [-0.4, -0.2) is 18.8 Å². The summed E-state index contributed by atoms with van der Waals surface area (Å²) in [5, 5.41) is 1.28. The highest BCUT2D eigenvalue weighted by molar-refractivity contribution is 7.99. The fourth-order valence-corrected chi connectivity index (χ4v) is 2.57. The topological polar surface area (TPSA) is 26.3 Å². The van der Waals surface area contributed by atoms with E-state index in [1.54, 1.807) is 18.2 Å². The van der Waals surface area contributed by atoms with Crippen molar-refractivity contribution in [2.75, 3.05) is 12.9 Å². The van der Waals surface area contributed by atoms with Crippen molar-refractivity contribution < 1.29 is 9.53 Å². The van der Waals surface area contributed by atoms with E-state index in [2.05, 4.69) is 4.74 Å². The van der Waals surface area contributed by atoms with Crippen LogP contribution in [0.1, 0.15) is 6.92 Å². The molecule has 1 rings (SSSR count). The average Bonchev–Trinajstić information content (AvgIpc) is 2.28. The zero-order chi connectivity index (χ0) is 12.1. The lowest BCUT2D eigenvalue weighted by Crippen LogP contribution is -2.14. The molecule has 1 aromatic carbocycles. The quantitative estimate of drug-likeness (QED) is 0.617. The molecule has 88 valence electrons. The molecule has 0 saturated heterocycles.